The molecule has 0 aromatic heterocycles. The number of rotatable bonds is 5. The summed E-state index contributed by atoms with van der Waals surface area (Å²) in [7, 11) is 0. The maximum Gasteiger partial charge on any atom is 0.192 e. The quantitative estimate of drug-likeness (QED) is 0.611. The highest BCUT2D eigenvalue weighted by molar-refractivity contribution is 7.99. The van der Waals surface area contributed by atoms with Crippen molar-refractivity contribution >= 4 is 40.7 Å². The van der Waals surface area contributed by atoms with E-state index < -0.39 is 0 Å². The number of hydrogen-bond donors (Lipinski definition) is 0. The third kappa shape index (κ3) is 3.68. The molecule has 1 aromatic rings. The zero-order valence-corrected chi connectivity index (χ0v) is 12.8. The summed E-state index contributed by atoms with van der Waals surface area (Å²) >= 11 is 13.2. The number of carbonyl (C=O) groups is 1. The molecule has 0 fully saturated rings. The van der Waals surface area contributed by atoms with Crippen LogP contribution in [-0.4, -0.2) is 41.3 Å². The Kier molecular flexibility index (Phi) is 5.61. The Hall–Kier alpha value is -0.640. The predicted molar refractivity (Wildman–Crippen MR) is 82.6 cm³/mol. The van der Waals surface area contributed by atoms with Crippen molar-refractivity contribution in [3.05, 3.63) is 41.6 Å². The van der Waals surface area contributed by atoms with Gasteiger partial charge in [-0.15, -0.1) is 35.0 Å². The molecule has 0 aliphatic carbocycles. The van der Waals surface area contributed by atoms with Gasteiger partial charge in [0.05, 0.1) is 0 Å². The van der Waals surface area contributed by atoms with E-state index in [0.717, 1.165) is 16.0 Å². The van der Waals surface area contributed by atoms with E-state index in [2.05, 4.69) is 0 Å². The third-order valence-electron chi connectivity index (χ3n) is 2.89. The van der Waals surface area contributed by atoms with Gasteiger partial charge in [0.25, 0.3) is 0 Å². The minimum Gasteiger partial charge on any atom is -0.375 e. The van der Waals surface area contributed by atoms with Gasteiger partial charge >= 0.3 is 0 Å². The standard InChI is InChI=1S/C14H15Cl2NOS/c15-5-7-17(8-6-16)9-11-10-19-13-4-2-1-3-12(13)14(11)18/h1-4,9H,5-8,10H2. The summed E-state index contributed by atoms with van der Waals surface area (Å²) < 4.78 is 0. The molecule has 0 bridgehead atoms. The van der Waals surface area contributed by atoms with Crippen molar-refractivity contribution in [3.63, 3.8) is 0 Å². The van der Waals surface area contributed by atoms with Crippen LogP contribution in [0.5, 0.6) is 0 Å². The zero-order valence-electron chi connectivity index (χ0n) is 10.4. The first-order valence-electron chi connectivity index (χ1n) is 6.09. The summed E-state index contributed by atoms with van der Waals surface area (Å²) in [5, 5.41) is 0. The maximum atomic E-state index is 12.4. The molecule has 0 saturated heterocycles. The van der Waals surface area contributed by atoms with E-state index in [1.165, 1.54) is 0 Å². The Morgan fingerprint density at radius 1 is 1.21 bits per heavy atom. The second kappa shape index (κ2) is 7.22. The summed E-state index contributed by atoms with van der Waals surface area (Å²) in [6, 6.07) is 7.73. The highest BCUT2D eigenvalue weighted by Gasteiger charge is 2.22. The van der Waals surface area contributed by atoms with Gasteiger partial charge in [-0.3, -0.25) is 4.79 Å². The minimum absolute atomic E-state index is 0.114. The second-order valence-corrected chi connectivity index (χ2v) is 5.96. The largest absolute Gasteiger partial charge is 0.375 e. The maximum absolute atomic E-state index is 12.4. The lowest BCUT2D eigenvalue weighted by Crippen LogP contribution is -2.25. The molecule has 1 aromatic carbocycles. The lowest BCUT2D eigenvalue weighted by molar-refractivity contribution is 0.102. The number of fused-ring (bicyclic) bond motifs is 1. The molecule has 0 atom stereocenters. The Bertz CT molecular complexity index is 484. The number of nitrogens with zero attached hydrogens (tertiary/aromatic N) is 1. The van der Waals surface area contributed by atoms with Crippen molar-refractivity contribution in [1.29, 1.82) is 0 Å². The molecule has 102 valence electrons. The lowest BCUT2D eigenvalue weighted by Gasteiger charge is -2.22. The first kappa shape index (κ1) is 14.8. The molecule has 2 rings (SSSR count). The third-order valence-corrected chi connectivity index (χ3v) is 4.35. The summed E-state index contributed by atoms with van der Waals surface area (Å²) in [6.45, 7) is 1.41. The topological polar surface area (TPSA) is 20.3 Å². The normalized spacial score (nSPS) is 16.5. The molecular formula is C14H15Cl2NOS. The molecule has 0 radical (unpaired) electrons. The van der Waals surface area contributed by atoms with Crippen LogP contribution in [0.1, 0.15) is 10.4 Å². The van der Waals surface area contributed by atoms with Gasteiger partial charge < -0.3 is 4.90 Å². The fourth-order valence-corrected chi connectivity index (χ4v) is 3.39. The fourth-order valence-electron chi connectivity index (χ4n) is 1.95. The van der Waals surface area contributed by atoms with Gasteiger partial charge in [0.1, 0.15) is 0 Å². The SMILES string of the molecule is O=C1C(=CN(CCCl)CCCl)CSc2ccccc21. The van der Waals surface area contributed by atoms with E-state index in [0.29, 0.717) is 30.6 Å². The van der Waals surface area contributed by atoms with Crippen LogP contribution in [0.3, 0.4) is 0 Å². The first-order chi connectivity index (χ1) is 9.26. The van der Waals surface area contributed by atoms with Crippen LogP contribution in [0.25, 0.3) is 0 Å². The van der Waals surface area contributed by atoms with Gasteiger partial charge in [0, 0.05) is 52.8 Å². The van der Waals surface area contributed by atoms with Crippen LogP contribution in [0.15, 0.2) is 40.9 Å². The number of Topliss-reactive ketones (excluding diaryl/α,β-unsaturated/α-hetero) is 1. The van der Waals surface area contributed by atoms with Crippen LogP contribution < -0.4 is 0 Å². The summed E-state index contributed by atoms with van der Waals surface area (Å²) in [4.78, 5) is 15.5. The van der Waals surface area contributed by atoms with Gasteiger partial charge in [-0.1, -0.05) is 12.1 Å². The zero-order chi connectivity index (χ0) is 13.7. The number of halogens is 2. The van der Waals surface area contributed by atoms with Crippen molar-refractivity contribution in [3.8, 4) is 0 Å². The highest BCUT2D eigenvalue weighted by Crippen LogP contribution is 2.32. The fraction of sp³-hybridized carbons (Fsp3) is 0.357. The van der Waals surface area contributed by atoms with E-state index >= 15 is 0 Å². The smallest absolute Gasteiger partial charge is 0.192 e. The Labute approximate surface area is 127 Å². The molecule has 19 heavy (non-hydrogen) atoms. The monoisotopic (exact) mass is 315 g/mol. The van der Waals surface area contributed by atoms with Gasteiger partial charge in [-0.05, 0) is 12.1 Å². The molecule has 1 aliphatic heterocycles. The number of thioether (sulfide) groups is 1. The van der Waals surface area contributed by atoms with Gasteiger partial charge in [0.2, 0.25) is 0 Å². The Morgan fingerprint density at radius 3 is 2.58 bits per heavy atom. The van der Waals surface area contributed by atoms with Crippen LogP contribution in [0.4, 0.5) is 0 Å². The molecule has 2 nitrogen and oxygen atoms in total. The second-order valence-electron chi connectivity index (χ2n) is 4.18. The van der Waals surface area contributed by atoms with Gasteiger partial charge in [-0.2, -0.15) is 0 Å². The van der Waals surface area contributed by atoms with Crippen LogP contribution in [0.2, 0.25) is 0 Å². The summed E-state index contributed by atoms with van der Waals surface area (Å²) in [5.74, 6) is 1.87. The Morgan fingerprint density at radius 2 is 1.89 bits per heavy atom. The van der Waals surface area contributed by atoms with Gasteiger partial charge in [-0.25, -0.2) is 0 Å². The summed E-state index contributed by atoms with van der Waals surface area (Å²) in [6.07, 6.45) is 1.91. The number of ketones is 1. The summed E-state index contributed by atoms with van der Waals surface area (Å²) in [5.41, 5.74) is 1.61. The number of hydrogen-bond acceptors (Lipinski definition) is 3. The lowest BCUT2D eigenvalue weighted by atomic mass is 10.0. The van der Waals surface area contributed by atoms with Crippen LogP contribution in [0, 0.1) is 0 Å². The van der Waals surface area contributed by atoms with E-state index in [1.807, 2.05) is 35.4 Å². The van der Waals surface area contributed by atoms with E-state index in [-0.39, 0.29) is 5.78 Å². The van der Waals surface area contributed by atoms with Gasteiger partial charge in [0.15, 0.2) is 5.78 Å². The van der Waals surface area contributed by atoms with E-state index in [4.69, 9.17) is 23.2 Å². The number of benzene rings is 1. The van der Waals surface area contributed by atoms with Crippen molar-refractivity contribution < 1.29 is 4.79 Å². The average molecular weight is 316 g/mol. The van der Waals surface area contributed by atoms with Crippen molar-refractivity contribution in [1.82, 2.24) is 4.90 Å². The van der Waals surface area contributed by atoms with Crippen LogP contribution >= 0.6 is 35.0 Å². The highest BCUT2D eigenvalue weighted by atomic mass is 35.5. The molecule has 0 N–H and O–H groups in total. The number of carbonyl (C=O) groups excluding carboxylic acids is 1. The molecule has 0 saturated carbocycles. The first-order valence-corrected chi connectivity index (χ1v) is 8.15. The molecule has 1 heterocycles. The molecule has 0 amide bonds. The minimum atomic E-state index is 0.114. The molecule has 0 unspecified atom stereocenters. The van der Waals surface area contributed by atoms with Crippen LogP contribution in [-0.2, 0) is 0 Å². The predicted octanol–water partition coefficient (Wildman–Crippen LogP) is 3.64. The van der Waals surface area contributed by atoms with Crippen molar-refractivity contribution in [2.45, 2.75) is 4.90 Å². The van der Waals surface area contributed by atoms with E-state index in [1.54, 1.807) is 11.8 Å². The average Bonchev–Trinajstić information content (AvgIpc) is 2.43. The molecule has 0 spiro atoms. The molecular weight excluding hydrogens is 301 g/mol. The number of alkyl halides is 2. The van der Waals surface area contributed by atoms with Crippen molar-refractivity contribution in [2.75, 3.05) is 30.6 Å². The van der Waals surface area contributed by atoms with Crippen molar-refractivity contribution in [2.24, 2.45) is 0 Å². The Balaban J connectivity index is 2.20. The molecule has 1 aliphatic rings. The van der Waals surface area contributed by atoms with E-state index in [9.17, 15) is 4.79 Å². The molecule has 5 heteroatoms.